The standard InChI is InChI=1S/C11H22N2O3S/c1-8(7-17(3,15)16)13-11(14)10-5-4-6-12-9(10)2/h8-10,12H,4-7H2,1-3H3,(H,13,14). The van der Waals surface area contributed by atoms with Crippen molar-refractivity contribution in [3.05, 3.63) is 0 Å². The zero-order valence-corrected chi connectivity index (χ0v) is 11.5. The van der Waals surface area contributed by atoms with Gasteiger partial charge in [-0.3, -0.25) is 4.79 Å². The monoisotopic (exact) mass is 262 g/mol. The molecular weight excluding hydrogens is 240 g/mol. The normalized spacial score (nSPS) is 27.5. The van der Waals surface area contributed by atoms with Crippen LogP contribution in [0.4, 0.5) is 0 Å². The zero-order chi connectivity index (χ0) is 13.1. The fourth-order valence-corrected chi connectivity index (χ4v) is 3.24. The Morgan fingerprint density at radius 2 is 2.18 bits per heavy atom. The third-order valence-electron chi connectivity index (χ3n) is 3.04. The smallest absolute Gasteiger partial charge is 0.224 e. The van der Waals surface area contributed by atoms with E-state index in [0.717, 1.165) is 19.4 Å². The number of carbonyl (C=O) groups excluding carboxylic acids is 1. The SMILES string of the molecule is CC(CS(C)(=O)=O)NC(=O)C1CCCNC1C. The number of sulfone groups is 1. The summed E-state index contributed by atoms with van der Waals surface area (Å²) >= 11 is 0. The molecule has 0 bridgehead atoms. The van der Waals surface area contributed by atoms with Gasteiger partial charge in [-0.25, -0.2) is 8.42 Å². The first-order chi connectivity index (χ1) is 7.79. The predicted octanol–water partition coefficient (Wildman–Crippen LogP) is -0.0762. The van der Waals surface area contributed by atoms with E-state index in [9.17, 15) is 13.2 Å². The molecule has 0 radical (unpaired) electrons. The molecule has 3 atom stereocenters. The van der Waals surface area contributed by atoms with Crippen LogP contribution in [0.2, 0.25) is 0 Å². The average Bonchev–Trinajstić information content (AvgIpc) is 2.14. The van der Waals surface area contributed by atoms with Crippen LogP contribution in [0.5, 0.6) is 0 Å². The summed E-state index contributed by atoms with van der Waals surface area (Å²) in [6.45, 7) is 4.66. The molecule has 2 N–H and O–H groups in total. The molecule has 3 unspecified atom stereocenters. The maximum Gasteiger partial charge on any atom is 0.224 e. The van der Waals surface area contributed by atoms with E-state index in [0.29, 0.717) is 0 Å². The summed E-state index contributed by atoms with van der Waals surface area (Å²) in [5.41, 5.74) is 0. The predicted molar refractivity (Wildman–Crippen MR) is 67.5 cm³/mol. The molecule has 1 saturated heterocycles. The summed E-state index contributed by atoms with van der Waals surface area (Å²) in [6, 6.07) is -0.166. The molecule has 0 aromatic carbocycles. The largest absolute Gasteiger partial charge is 0.352 e. The Morgan fingerprint density at radius 3 is 2.71 bits per heavy atom. The van der Waals surface area contributed by atoms with Crippen molar-refractivity contribution in [3.8, 4) is 0 Å². The highest BCUT2D eigenvalue weighted by molar-refractivity contribution is 7.90. The Balaban J connectivity index is 2.48. The number of carbonyl (C=O) groups is 1. The van der Waals surface area contributed by atoms with Gasteiger partial charge >= 0.3 is 0 Å². The number of piperidine rings is 1. The van der Waals surface area contributed by atoms with Crippen molar-refractivity contribution in [2.45, 2.75) is 38.8 Å². The van der Waals surface area contributed by atoms with Gasteiger partial charge in [0.1, 0.15) is 9.84 Å². The van der Waals surface area contributed by atoms with Crippen LogP contribution in [0, 0.1) is 5.92 Å². The van der Waals surface area contributed by atoms with Crippen molar-refractivity contribution < 1.29 is 13.2 Å². The van der Waals surface area contributed by atoms with E-state index < -0.39 is 9.84 Å². The fraction of sp³-hybridized carbons (Fsp3) is 0.909. The fourth-order valence-electron chi connectivity index (χ4n) is 2.25. The molecular formula is C11H22N2O3S. The summed E-state index contributed by atoms with van der Waals surface area (Å²) < 4.78 is 22.2. The van der Waals surface area contributed by atoms with Crippen molar-refractivity contribution in [1.29, 1.82) is 0 Å². The summed E-state index contributed by atoms with van der Waals surface area (Å²) in [4.78, 5) is 12.0. The molecule has 17 heavy (non-hydrogen) atoms. The third-order valence-corrected chi connectivity index (χ3v) is 4.15. The lowest BCUT2D eigenvalue weighted by Crippen LogP contribution is -2.49. The highest BCUT2D eigenvalue weighted by Gasteiger charge is 2.28. The van der Waals surface area contributed by atoms with Crippen molar-refractivity contribution in [2.24, 2.45) is 5.92 Å². The number of nitrogens with one attached hydrogen (secondary N) is 2. The third kappa shape index (κ3) is 5.04. The summed E-state index contributed by atoms with van der Waals surface area (Å²) in [6.07, 6.45) is 3.04. The van der Waals surface area contributed by atoms with Crippen molar-refractivity contribution in [3.63, 3.8) is 0 Å². The molecule has 1 rings (SSSR count). The van der Waals surface area contributed by atoms with Gasteiger partial charge in [0.05, 0.1) is 11.7 Å². The van der Waals surface area contributed by atoms with Gasteiger partial charge in [0, 0.05) is 18.3 Å². The van der Waals surface area contributed by atoms with Gasteiger partial charge in [0.2, 0.25) is 5.91 Å². The molecule has 0 spiro atoms. The van der Waals surface area contributed by atoms with Gasteiger partial charge in [-0.15, -0.1) is 0 Å². The molecule has 100 valence electrons. The molecule has 1 heterocycles. The molecule has 0 aromatic heterocycles. The molecule has 1 fully saturated rings. The van der Waals surface area contributed by atoms with Gasteiger partial charge in [0.15, 0.2) is 0 Å². The summed E-state index contributed by atoms with van der Waals surface area (Å²) in [5.74, 6) is -0.0978. The Kier molecular flexibility index (Phi) is 4.94. The Labute approximate surface area is 103 Å². The van der Waals surface area contributed by atoms with E-state index in [-0.39, 0.29) is 29.7 Å². The number of hydrogen-bond acceptors (Lipinski definition) is 4. The van der Waals surface area contributed by atoms with E-state index in [2.05, 4.69) is 10.6 Å². The van der Waals surface area contributed by atoms with E-state index in [1.165, 1.54) is 6.26 Å². The summed E-state index contributed by atoms with van der Waals surface area (Å²) in [7, 11) is -3.04. The molecule has 0 saturated carbocycles. The highest BCUT2D eigenvalue weighted by Crippen LogP contribution is 2.16. The highest BCUT2D eigenvalue weighted by atomic mass is 32.2. The van der Waals surface area contributed by atoms with Gasteiger partial charge in [-0.2, -0.15) is 0 Å². The Hall–Kier alpha value is -0.620. The zero-order valence-electron chi connectivity index (χ0n) is 10.7. The Morgan fingerprint density at radius 1 is 1.53 bits per heavy atom. The maximum atomic E-state index is 12.0. The molecule has 1 aliphatic heterocycles. The van der Waals surface area contributed by atoms with Crippen LogP contribution in [0.15, 0.2) is 0 Å². The van der Waals surface area contributed by atoms with E-state index >= 15 is 0 Å². The number of rotatable bonds is 4. The van der Waals surface area contributed by atoms with E-state index in [4.69, 9.17) is 0 Å². The lowest BCUT2D eigenvalue weighted by molar-refractivity contribution is -0.127. The second-order valence-corrected chi connectivity index (χ2v) is 7.18. The van der Waals surface area contributed by atoms with Gasteiger partial charge in [0.25, 0.3) is 0 Å². The molecule has 0 aromatic rings. The van der Waals surface area contributed by atoms with Crippen LogP contribution < -0.4 is 10.6 Å². The number of amides is 1. The van der Waals surface area contributed by atoms with Crippen LogP contribution in [-0.2, 0) is 14.6 Å². The quantitative estimate of drug-likeness (QED) is 0.743. The van der Waals surface area contributed by atoms with Crippen LogP contribution >= 0.6 is 0 Å². The first kappa shape index (κ1) is 14.4. The van der Waals surface area contributed by atoms with Crippen molar-refractivity contribution >= 4 is 15.7 Å². The van der Waals surface area contributed by atoms with Gasteiger partial charge < -0.3 is 10.6 Å². The minimum Gasteiger partial charge on any atom is -0.352 e. The van der Waals surface area contributed by atoms with Crippen LogP contribution in [0.3, 0.4) is 0 Å². The van der Waals surface area contributed by atoms with Gasteiger partial charge in [-0.1, -0.05) is 0 Å². The van der Waals surface area contributed by atoms with Crippen molar-refractivity contribution in [2.75, 3.05) is 18.6 Å². The molecule has 1 aliphatic rings. The first-order valence-electron chi connectivity index (χ1n) is 6.01. The first-order valence-corrected chi connectivity index (χ1v) is 8.07. The molecule has 6 heteroatoms. The lowest BCUT2D eigenvalue weighted by Gasteiger charge is -2.29. The molecule has 1 amide bonds. The minimum absolute atomic E-state index is 0.00668. The van der Waals surface area contributed by atoms with E-state index in [1.807, 2.05) is 6.92 Å². The van der Waals surface area contributed by atoms with Crippen LogP contribution in [-0.4, -0.2) is 45.0 Å². The molecule has 0 aliphatic carbocycles. The number of hydrogen-bond donors (Lipinski definition) is 2. The van der Waals surface area contributed by atoms with E-state index in [1.54, 1.807) is 6.92 Å². The minimum atomic E-state index is -3.04. The van der Waals surface area contributed by atoms with Crippen LogP contribution in [0.1, 0.15) is 26.7 Å². The average molecular weight is 262 g/mol. The van der Waals surface area contributed by atoms with Crippen LogP contribution in [0.25, 0.3) is 0 Å². The maximum absolute atomic E-state index is 12.0. The van der Waals surface area contributed by atoms with Crippen molar-refractivity contribution in [1.82, 2.24) is 10.6 Å². The lowest BCUT2D eigenvalue weighted by atomic mass is 9.91. The Bertz CT molecular complexity index is 367. The second-order valence-electron chi connectivity index (χ2n) is 4.99. The molecule has 5 nitrogen and oxygen atoms in total. The topological polar surface area (TPSA) is 75.3 Å². The summed E-state index contributed by atoms with van der Waals surface area (Å²) in [5, 5.41) is 6.03. The second kappa shape index (κ2) is 5.82. The van der Waals surface area contributed by atoms with Gasteiger partial charge in [-0.05, 0) is 33.2 Å².